The van der Waals surface area contributed by atoms with Gasteiger partial charge in [-0.15, -0.1) is 0 Å². The first-order valence-corrected chi connectivity index (χ1v) is 8.13. The maximum absolute atomic E-state index is 12.6. The summed E-state index contributed by atoms with van der Waals surface area (Å²) in [5.74, 6) is 0.141. The molecule has 0 saturated carbocycles. The van der Waals surface area contributed by atoms with Crippen molar-refractivity contribution in [2.45, 2.75) is 51.5 Å². The first kappa shape index (κ1) is 16.0. The maximum atomic E-state index is 12.6. The van der Waals surface area contributed by atoms with Gasteiger partial charge >= 0.3 is 0 Å². The molecule has 3 nitrogen and oxygen atoms in total. The average Bonchev–Trinajstić information content (AvgIpc) is 2.50. The third-order valence-electron chi connectivity index (χ3n) is 4.53. The van der Waals surface area contributed by atoms with Crippen molar-refractivity contribution in [2.24, 2.45) is 0 Å². The highest BCUT2D eigenvalue weighted by Gasteiger charge is 2.31. The van der Waals surface area contributed by atoms with E-state index < -0.39 is 5.41 Å². The predicted octanol–water partition coefficient (Wildman–Crippen LogP) is 2.95. The average molecular weight is 288 g/mol. The largest absolute Gasteiger partial charge is 0.353 e. The van der Waals surface area contributed by atoms with Gasteiger partial charge in [0.2, 0.25) is 5.91 Å². The first-order valence-electron chi connectivity index (χ1n) is 8.13. The number of carbonyl (C=O) groups excluding carboxylic acids is 1. The fourth-order valence-electron chi connectivity index (χ4n) is 2.97. The Hall–Kier alpha value is -1.35. The molecule has 0 aliphatic carbocycles. The van der Waals surface area contributed by atoms with Crippen molar-refractivity contribution >= 4 is 5.91 Å². The topological polar surface area (TPSA) is 32.3 Å². The van der Waals surface area contributed by atoms with Crippen LogP contribution in [0.4, 0.5) is 0 Å². The Bertz CT molecular complexity index is 448. The zero-order valence-corrected chi connectivity index (χ0v) is 13.6. The van der Waals surface area contributed by atoms with E-state index in [4.69, 9.17) is 0 Å². The van der Waals surface area contributed by atoms with E-state index in [1.165, 1.54) is 13.0 Å². The summed E-state index contributed by atoms with van der Waals surface area (Å²) < 4.78 is 0. The van der Waals surface area contributed by atoms with Gasteiger partial charge in [0.1, 0.15) is 0 Å². The van der Waals surface area contributed by atoms with Crippen LogP contribution in [0, 0.1) is 0 Å². The van der Waals surface area contributed by atoms with Gasteiger partial charge in [-0.2, -0.15) is 0 Å². The molecule has 0 atom stereocenters. The molecule has 1 aromatic rings. The van der Waals surface area contributed by atoms with E-state index in [0.717, 1.165) is 31.5 Å². The summed E-state index contributed by atoms with van der Waals surface area (Å²) in [6, 6.07) is 10.4. The molecule has 1 saturated heterocycles. The smallest absolute Gasteiger partial charge is 0.230 e. The van der Waals surface area contributed by atoms with Gasteiger partial charge in [0.15, 0.2) is 0 Å². The molecule has 1 amide bonds. The molecule has 1 heterocycles. The first-order chi connectivity index (χ1) is 10.0. The number of hydrogen-bond acceptors (Lipinski definition) is 2. The molecule has 21 heavy (non-hydrogen) atoms. The van der Waals surface area contributed by atoms with Crippen LogP contribution in [0.25, 0.3) is 0 Å². The molecule has 1 aliphatic rings. The molecule has 1 fully saturated rings. The van der Waals surface area contributed by atoms with Crippen molar-refractivity contribution < 1.29 is 4.79 Å². The second kappa shape index (κ2) is 7.08. The predicted molar refractivity (Wildman–Crippen MR) is 87.4 cm³/mol. The third-order valence-corrected chi connectivity index (χ3v) is 4.53. The van der Waals surface area contributed by atoms with E-state index in [0.29, 0.717) is 6.04 Å². The lowest BCUT2D eigenvalue weighted by molar-refractivity contribution is -0.126. The Kier molecular flexibility index (Phi) is 5.40. The van der Waals surface area contributed by atoms with Gasteiger partial charge < -0.3 is 10.2 Å². The van der Waals surface area contributed by atoms with Crippen LogP contribution in [-0.2, 0) is 10.2 Å². The van der Waals surface area contributed by atoms with Crippen LogP contribution in [0.1, 0.15) is 45.6 Å². The lowest BCUT2D eigenvalue weighted by Crippen LogP contribution is -2.49. The molecule has 0 aromatic heterocycles. The Labute approximate surface area is 128 Å². The zero-order valence-electron chi connectivity index (χ0n) is 13.6. The van der Waals surface area contributed by atoms with Crippen LogP contribution in [-0.4, -0.2) is 36.5 Å². The number of hydrogen-bond donors (Lipinski definition) is 1. The number of piperidine rings is 1. The second-order valence-corrected chi connectivity index (χ2v) is 6.58. The van der Waals surface area contributed by atoms with E-state index >= 15 is 0 Å². The quantitative estimate of drug-likeness (QED) is 0.903. The number of nitrogens with zero attached hydrogens (tertiary/aromatic N) is 1. The van der Waals surface area contributed by atoms with Crippen LogP contribution in [0.3, 0.4) is 0 Å². The monoisotopic (exact) mass is 288 g/mol. The standard InChI is InChI=1S/C18H28N2O/c1-4-12-20-13-10-16(11-14-20)19-17(21)18(2,3)15-8-6-5-7-9-15/h5-9,16H,4,10-14H2,1-3H3,(H,19,21). The Morgan fingerprint density at radius 2 is 1.86 bits per heavy atom. The van der Waals surface area contributed by atoms with Gasteiger partial charge in [0.05, 0.1) is 5.41 Å². The number of amides is 1. The van der Waals surface area contributed by atoms with Gasteiger partial charge in [0, 0.05) is 19.1 Å². The SMILES string of the molecule is CCCN1CCC(NC(=O)C(C)(C)c2ccccc2)CC1. The minimum Gasteiger partial charge on any atom is -0.353 e. The normalized spacial score (nSPS) is 17.7. The molecule has 3 heteroatoms. The number of carbonyl (C=O) groups is 1. The van der Waals surface area contributed by atoms with Crippen molar-refractivity contribution in [3.8, 4) is 0 Å². The fourth-order valence-corrected chi connectivity index (χ4v) is 2.97. The van der Waals surface area contributed by atoms with E-state index in [9.17, 15) is 4.79 Å². The summed E-state index contributed by atoms with van der Waals surface area (Å²) in [6.45, 7) is 9.61. The minimum atomic E-state index is -0.470. The molecule has 1 N–H and O–H groups in total. The van der Waals surface area contributed by atoms with Crippen molar-refractivity contribution in [3.63, 3.8) is 0 Å². The molecular formula is C18H28N2O. The Morgan fingerprint density at radius 3 is 2.43 bits per heavy atom. The van der Waals surface area contributed by atoms with E-state index in [-0.39, 0.29) is 5.91 Å². The summed E-state index contributed by atoms with van der Waals surface area (Å²) in [6.07, 6.45) is 3.34. The molecule has 2 rings (SSSR count). The molecular weight excluding hydrogens is 260 g/mol. The summed E-state index contributed by atoms with van der Waals surface area (Å²) in [7, 11) is 0. The molecule has 116 valence electrons. The van der Waals surface area contributed by atoms with Crippen LogP contribution >= 0.6 is 0 Å². The highest BCUT2D eigenvalue weighted by atomic mass is 16.2. The van der Waals surface area contributed by atoms with Crippen LogP contribution in [0.5, 0.6) is 0 Å². The van der Waals surface area contributed by atoms with Gasteiger partial charge in [-0.3, -0.25) is 4.79 Å². The molecule has 1 aliphatic heterocycles. The zero-order chi connectivity index (χ0) is 15.3. The highest BCUT2D eigenvalue weighted by molar-refractivity contribution is 5.87. The van der Waals surface area contributed by atoms with E-state index in [1.54, 1.807) is 0 Å². The summed E-state index contributed by atoms with van der Waals surface area (Å²) in [5, 5.41) is 3.25. The number of benzene rings is 1. The van der Waals surface area contributed by atoms with Crippen molar-refractivity contribution in [1.82, 2.24) is 10.2 Å². The number of nitrogens with one attached hydrogen (secondary N) is 1. The maximum Gasteiger partial charge on any atom is 0.230 e. The van der Waals surface area contributed by atoms with Crippen LogP contribution < -0.4 is 5.32 Å². The molecule has 1 aromatic carbocycles. The summed E-state index contributed by atoms with van der Waals surface area (Å²) in [5.41, 5.74) is 0.605. The molecule has 0 spiro atoms. The van der Waals surface area contributed by atoms with Crippen molar-refractivity contribution in [2.75, 3.05) is 19.6 Å². The van der Waals surface area contributed by atoms with E-state index in [2.05, 4.69) is 17.1 Å². The Balaban J connectivity index is 1.90. The lowest BCUT2D eigenvalue weighted by Gasteiger charge is -2.34. The van der Waals surface area contributed by atoms with Crippen molar-refractivity contribution in [1.29, 1.82) is 0 Å². The van der Waals surface area contributed by atoms with Gasteiger partial charge in [0.25, 0.3) is 0 Å². The molecule has 0 unspecified atom stereocenters. The van der Waals surface area contributed by atoms with Gasteiger partial charge in [-0.1, -0.05) is 37.3 Å². The fraction of sp³-hybridized carbons (Fsp3) is 0.611. The minimum absolute atomic E-state index is 0.141. The third kappa shape index (κ3) is 4.07. The van der Waals surface area contributed by atoms with Crippen LogP contribution in [0.15, 0.2) is 30.3 Å². The van der Waals surface area contributed by atoms with Crippen LogP contribution in [0.2, 0.25) is 0 Å². The van der Waals surface area contributed by atoms with Gasteiger partial charge in [-0.25, -0.2) is 0 Å². The number of rotatable bonds is 5. The summed E-state index contributed by atoms with van der Waals surface area (Å²) >= 11 is 0. The lowest BCUT2D eigenvalue weighted by atomic mass is 9.83. The Morgan fingerprint density at radius 1 is 1.24 bits per heavy atom. The highest BCUT2D eigenvalue weighted by Crippen LogP contribution is 2.24. The second-order valence-electron chi connectivity index (χ2n) is 6.58. The van der Waals surface area contributed by atoms with Gasteiger partial charge in [-0.05, 0) is 45.2 Å². The number of likely N-dealkylation sites (tertiary alicyclic amines) is 1. The van der Waals surface area contributed by atoms with E-state index in [1.807, 2.05) is 44.2 Å². The summed E-state index contributed by atoms with van der Waals surface area (Å²) in [4.78, 5) is 15.1. The van der Waals surface area contributed by atoms with Crippen molar-refractivity contribution in [3.05, 3.63) is 35.9 Å². The molecule has 0 radical (unpaired) electrons. The molecule has 0 bridgehead atoms.